The Hall–Kier alpha value is -1.39. The van der Waals surface area contributed by atoms with Crippen molar-refractivity contribution >= 4 is 5.97 Å². The maximum Gasteiger partial charge on any atom is 0.334 e. The normalized spacial score (nSPS) is 38.8. The van der Waals surface area contributed by atoms with Crippen molar-refractivity contribution in [2.75, 3.05) is 0 Å². The minimum atomic E-state index is -1.06. The fraction of sp³-hybridized carbons (Fsp3) is 0.650. The molecule has 2 rings (SSSR count). The lowest BCUT2D eigenvalue weighted by Crippen LogP contribution is -2.34. The van der Waals surface area contributed by atoms with Crippen molar-refractivity contribution in [2.24, 2.45) is 5.92 Å². The first kappa shape index (κ1) is 18.9. The van der Waals surface area contributed by atoms with Crippen LogP contribution in [0.2, 0.25) is 0 Å². The second kappa shape index (κ2) is 7.24. The maximum atomic E-state index is 12.0. The van der Waals surface area contributed by atoms with Gasteiger partial charge in [0.1, 0.15) is 6.10 Å². The second-order valence-electron chi connectivity index (χ2n) is 7.77. The molecule has 0 amide bonds. The topological polar surface area (TPSA) is 66.8 Å². The van der Waals surface area contributed by atoms with Gasteiger partial charge >= 0.3 is 5.97 Å². The molecule has 0 unspecified atom stereocenters. The monoisotopic (exact) mass is 334 g/mol. The third kappa shape index (κ3) is 4.81. The van der Waals surface area contributed by atoms with Crippen LogP contribution in [0.5, 0.6) is 0 Å². The smallest absolute Gasteiger partial charge is 0.334 e. The highest BCUT2D eigenvalue weighted by Gasteiger charge is 2.32. The third-order valence-corrected chi connectivity index (χ3v) is 5.10. The number of allylic oxidation sites excluding steroid dienone is 1. The molecule has 0 fully saturated rings. The number of carbonyl (C=O) groups excluding carboxylic acids is 1. The Labute approximate surface area is 144 Å². The van der Waals surface area contributed by atoms with Gasteiger partial charge in [0.2, 0.25) is 0 Å². The summed E-state index contributed by atoms with van der Waals surface area (Å²) in [5, 5.41) is 21.5. The summed E-state index contributed by atoms with van der Waals surface area (Å²) in [5.74, 6) is -0.293. The lowest BCUT2D eigenvalue weighted by Gasteiger charge is -2.30. The van der Waals surface area contributed by atoms with Gasteiger partial charge < -0.3 is 14.9 Å². The van der Waals surface area contributed by atoms with Gasteiger partial charge in [0, 0.05) is 12.0 Å². The maximum absolute atomic E-state index is 12.0. The van der Waals surface area contributed by atoms with Crippen molar-refractivity contribution in [2.45, 2.75) is 77.1 Å². The van der Waals surface area contributed by atoms with Gasteiger partial charge in [-0.05, 0) is 51.5 Å². The Morgan fingerprint density at radius 1 is 1.25 bits per heavy atom. The quantitative estimate of drug-likeness (QED) is 0.569. The molecule has 0 radical (unpaired) electrons. The SMILES string of the molecule is C/C1=C/CC[C@](C)(O)/C=C\[C@@](O)(C(C)C)CCC2=C[C@@H](C1)OC2=O. The molecule has 24 heavy (non-hydrogen) atoms. The number of fused-ring (bicyclic) bond motifs is 1. The van der Waals surface area contributed by atoms with Crippen molar-refractivity contribution in [3.8, 4) is 0 Å². The zero-order valence-corrected chi connectivity index (χ0v) is 15.2. The highest BCUT2D eigenvalue weighted by molar-refractivity contribution is 5.90. The lowest BCUT2D eigenvalue weighted by atomic mass is 9.82. The number of esters is 1. The van der Waals surface area contributed by atoms with E-state index in [4.69, 9.17) is 4.74 Å². The molecular weight excluding hydrogens is 304 g/mol. The molecule has 0 saturated carbocycles. The number of hydrogen-bond acceptors (Lipinski definition) is 4. The molecule has 2 N–H and O–H groups in total. The Bertz CT molecular complexity index is 568. The van der Waals surface area contributed by atoms with Crippen molar-refractivity contribution in [3.63, 3.8) is 0 Å². The minimum absolute atomic E-state index is 0.0200. The van der Waals surface area contributed by atoms with E-state index in [1.165, 1.54) is 0 Å². The third-order valence-electron chi connectivity index (χ3n) is 5.10. The summed E-state index contributed by atoms with van der Waals surface area (Å²) in [6.07, 6.45) is 10.1. The predicted octanol–water partition coefficient (Wildman–Crippen LogP) is 3.44. The van der Waals surface area contributed by atoms with Crippen LogP contribution in [0.4, 0.5) is 0 Å². The lowest BCUT2D eigenvalue weighted by molar-refractivity contribution is -0.139. The Morgan fingerprint density at radius 3 is 2.62 bits per heavy atom. The fourth-order valence-electron chi connectivity index (χ4n) is 3.14. The molecule has 4 heteroatoms. The van der Waals surface area contributed by atoms with Crippen LogP contribution in [-0.4, -0.2) is 33.5 Å². The summed E-state index contributed by atoms with van der Waals surface area (Å²) >= 11 is 0. The van der Waals surface area contributed by atoms with Crippen molar-refractivity contribution < 1.29 is 19.7 Å². The van der Waals surface area contributed by atoms with E-state index in [1.54, 1.807) is 19.1 Å². The highest BCUT2D eigenvalue weighted by Crippen LogP contribution is 2.31. The largest absolute Gasteiger partial charge is 0.454 e. The molecule has 1 heterocycles. The number of rotatable bonds is 1. The molecule has 0 aromatic carbocycles. The van der Waals surface area contributed by atoms with Crippen molar-refractivity contribution in [1.82, 2.24) is 0 Å². The summed E-state index contributed by atoms with van der Waals surface area (Å²) in [6, 6.07) is 0. The van der Waals surface area contributed by atoms with E-state index < -0.39 is 11.2 Å². The van der Waals surface area contributed by atoms with Crippen LogP contribution in [0, 0.1) is 5.92 Å². The van der Waals surface area contributed by atoms with Crippen LogP contribution in [0.15, 0.2) is 35.5 Å². The Kier molecular flexibility index (Phi) is 5.71. The van der Waals surface area contributed by atoms with Crippen LogP contribution < -0.4 is 0 Å². The van der Waals surface area contributed by atoms with Crippen LogP contribution in [0.3, 0.4) is 0 Å². The average Bonchev–Trinajstić information content (AvgIpc) is 2.81. The summed E-state index contributed by atoms with van der Waals surface area (Å²) in [4.78, 5) is 12.0. The number of carbonyl (C=O) groups is 1. The van der Waals surface area contributed by atoms with Crippen LogP contribution in [0.25, 0.3) is 0 Å². The molecule has 0 aromatic rings. The molecule has 0 spiro atoms. The van der Waals surface area contributed by atoms with Gasteiger partial charge in [-0.15, -0.1) is 0 Å². The van der Waals surface area contributed by atoms with Crippen LogP contribution in [0.1, 0.15) is 59.8 Å². The minimum Gasteiger partial charge on any atom is -0.454 e. The van der Waals surface area contributed by atoms with Gasteiger partial charge in [0.25, 0.3) is 0 Å². The fourth-order valence-corrected chi connectivity index (χ4v) is 3.14. The number of ether oxygens (including phenoxy) is 1. The summed E-state index contributed by atoms with van der Waals surface area (Å²) in [7, 11) is 0. The zero-order valence-electron chi connectivity index (χ0n) is 15.2. The van der Waals surface area contributed by atoms with E-state index >= 15 is 0 Å². The van der Waals surface area contributed by atoms with Crippen molar-refractivity contribution in [1.29, 1.82) is 0 Å². The molecule has 0 aromatic heterocycles. The summed E-state index contributed by atoms with van der Waals surface area (Å²) in [6.45, 7) is 7.67. The number of hydrogen-bond donors (Lipinski definition) is 2. The summed E-state index contributed by atoms with van der Waals surface area (Å²) in [5.41, 5.74) is -0.224. The van der Waals surface area contributed by atoms with Crippen molar-refractivity contribution in [3.05, 3.63) is 35.5 Å². The van der Waals surface area contributed by atoms with Gasteiger partial charge in [-0.3, -0.25) is 0 Å². The Balaban J connectivity index is 2.30. The van der Waals surface area contributed by atoms with Gasteiger partial charge in [0.05, 0.1) is 11.2 Å². The highest BCUT2D eigenvalue weighted by atomic mass is 16.5. The standard InChI is InChI=1S/C20H30O4/c1-14(2)20(23)9-7-16-13-17(24-18(16)21)12-15(3)6-5-8-19(4,22)10-11-20/h6,10-11,13-14,17,22-23H,5,7-9,12H2,1-4H3/b11-10-,15-6-/t17-,19+,20-/m1/s1. The molecule has 134 valence electrons. The van der Waals surface area contributed by atoms with E-state index in [-0.39, 0.29) is 18.0 Å². The van der Waals surface area contributed by atoms with Gasteiger partial charge in [-0.2, -0.15) is 0 Å². The first-order chi connectivity index (χ1) is 11.1. The molecule has 2 bridgehead atoms. The van der Waals surface area contributed by atoms with Gasteiger partial charge in [-0.25, -0.2) is 4.79 Å². The first-order valence-electron chi connectivity index (χ1n) is 8.84. The van der Waals surface area contributed by atoms with E-state index in [0.29, 0.717) is 31.3 Å². The zero-order chi connectivity index (χ0) is 18.0. The van der Waals surface area contributed by atoms with E-state index in [0.717, 1.165) is 12.0 Å². The van der Waals surface area contributed by atoms with Gasteiger partial charge in [-0.1, -0.05) is 37.6 Å². The molecule has 3 atom stereocenters. The molecule has 1 aliphatic heterocycles. The molecule has 1 aliphatic carbocycles. The molecule has 2 aliphatic rings. The van der Waals surface area contributed by atoms with Gasteiger partial charge in [0.15, 0.2) is 0 Å². The molecule has 0 saturated heterocycles. The van der Waals surface area contributed by atoms with E-state index in [1.807, 2.05) is 26.8 Å². The van der Waals surface area contributed by atoms with Crippen LogP contribution in [-0.2, 0) is 9.53 Å². The van der Waals surface area contributed by atoms with E-state index in [9.17, 15) is 15.0 Å². The molecule has 4 nitrogen and oxygen atoms in total. The van der Waals surface area contributed by atoms with E-state index in [2.05, 4.69) is 6.08 Å². The first-order valence-corrected chi connectivity index (χ1v) is 8.84. The Morgan fingerprint density at radius 2 is 1.96 bits per heavy atom. The number of aliphatic hydroxyl groups is 2. The van der Waals surface area contributed by atoms with Crippen LogP contribution >= 0.6 is 0 Å². The predicted molar refractivity (Wildman–Crippen MR) is 94.4 cm³/mol. The average molecular weight is 334 g/mol. The summed E-state index contributed by atoms with van der Waals surface area (Å²) < 4.78 is 5.42. The second-order valence-corrected chi connectivity index (χ2v) is 7.77. The molecular formula is C20H30O4.